The smallest absolute Gasteiger partial charge is 0.270 e. The molecule has 24 heavy (non-hydrogen) atoms. The van der Waals surface area contributed by atoms with Crippen LogP contribution in [0.25, 0.3) is 0 Å². The van der Waals surface area contributed by atoms with Gasteiger partial charge < -0.3 is 10.0 Å². The van der Waals surface area contributed by atoms with Gasteiger partial charge in [0.05, 0.1) is 16.2 Å². The molecule has 0 aromatic heterocycles. The average Bonchev–Trinajstić information content (AvgIpc) is 2.99. The summed E-state index contributed by atoms with van der Waals surface area (Å²) in [5, 5.41) is 21.0. The Hall–Kier alpha value is -1.71. The van der Waals surface area contributed by atoms with Crippen LogP contribution in [0.2, 0.25) is 0 Å². The maximum Gasteiger partial charge on any atom is 0.270 e. The number of hydrogen-bond acceptors (Lipinski definition) is 6. The predicted octanol–water partition coefficient (Wildman–Crippen LogP) is 1.59. The molecule has 2 rings (SSSR count). The Labute approximate surface area is 141 Å². The van der Waals surface area contributed by atoms with Crippen LogP contribution < -0.4 is 4.90 Å². The molecule has 1 aromatic carbocycles. The van der Waals surface area contributed by atoms with Gasteiger partial charge in [-0.25, -0.2) is 8.42 Å². The summed E-state index contributed by atoms with van der Waals surface area (Å²) in [4.78, 5) is 12.0. The van der Waals surface area contributed by atoms with Crippen LogP contribution in [0.5, 0.6) is 0 Å². The zero-order chi connectivity index (χ0) is 18.1. The normalized spacial score (nSPS) is 16.3. The van der Waals surface area contributed by atoms with Gasteiger partial charge in [-0.1, -0.05) is 0 Å². The number of hydrogen-bond donors (Lipinski definition) is 1. The summed E-state index contributed by atoms with van der Waals surface area (Å²) in [6.07, 6.45) is 1.56. The molecule has 0 radical (unpaired) electrons. The number of likely N-dealkylation sites (N-methyl/N-ethyl adjacent to an activating group) is 1. The molecule has 1 saturated heterocycles. The van der Waals surface area contributed by atoms with Gasteiger partial charge in [-0.05, 0) is 32.8 Å². The predicted molar refractivity (Wildman–Crippen MR) is 90.7 cm³/mol. The molecule has 1 fully saturated rings. The van der Waals surface area contributed by atoms with Gasteiger partial charge in [0, 0.05) is 38.8 Å². The SMILES string of the molecule is CN(CC(C)(C)O)c1ccc([N+](=O)[O-])cc1S(=O)(=O)N1CCCC1. The topological polar surface area (TPSA) is 104 Å². The lowest BCUT2D eigenvalue weighted by atomic mass is 10.1. The highest BCUT2D eigenvalue weighted by Crippen LogP contribution is 2.33. The van der Waals surface area contributed by atoms with Crippen LogP contribution in [0.3, 0.4) is 0 Å². The van der Waals surface area contributed by atoms with Crippen LogP contribution in [0, 0.1) is 10.1 Å². The first-order chi connectivity index (χ1) is 11.0. The number of nitrogens with zero attached hydrogens (tertiary/aromatic N) is 3. The van der Waals surface area contributed by atoms with Crippen molar-refractivity contribution in [3.63, 3.8) is 0 Å². The van der Waals surface area contributed by atoms with Gasteiger partial charge in [-0.15, -0.1) is 0 Å². The maximum absolute atomic E-state index is 12.9. The molecule has 0 bridgehead atoms. The van der Waals surface area contributed by atoms with Crippen LogP contribution in [-0.4, -0.2) is 55.0 Å². The highest BCUT2D eigenvalue weighted by Gasteiger charge is 2.32. The molecular weight excluding hydrogens is 334 g/mol. The van der Waals surface area contributed by atoms with Crippen molar-refractivity contribution in [2.45, 2.75) is 37.2 Å². The monoisotopic (exact) mass is 357 g/mol. The van der Waals surface area contributed by atoms with E-state index in [1.807, 2.05) is 0 Å². The fraction of sp³-hybridized carbons (Fsp3) is 0.600. The van der Waals surface area contributed by atoms with E-state index in [0.29, 0.717) is 18.8 Å². The summed E-state index contributed by atoms with van der Waals surface area (Å²) in [5.41, 5.74) is -0.964. The van der Waals surface area contributed by atoms with E-state index in [2.05, 4.69) is 0 Å². The fourth-order valence-corrected chi connectivity index (χ4v) is 4.65. The zero-order valence-corrected chi connectivity index (χ0v) is 14.9. The molecule has 1 N–H and O–H groups in total. The summed E-state index contributed by atoms with van der Waals surface area (Å²) in [6, 6.07) is 3.80. The summed E-state index contributed by atoms with van der Waals surface area (Å²) < 4.78 is 27.2. The third kappa shape index (κ3) is 4.03. The van der Waals surface area contributed by atoms with E-state index >= 15 is 0 Å². The molecule has 0 unspecified atom stereocenters. The van der Waals surface area contributed by atoms with Crippen molar-refractivity contribution in [3.05, 3.63) is 28.3 Å². The Morgan fingerprint density at radius 3 is 2.42 bits per heavy atom. The zero-order valence-electron chi connectivity index (χ0n) is 14.1. The standard InChI is InChI=1S/C15H23N3O5S/c1-15(2,19)11-16(3)13-7-6-12(18(20)21)10-14(13)24(22,23)17-8-4-5-9-17/h6-7,10,19H,4-5,8-9,11H2,1-3H3. The lowest BCUT2D eigenvalue weighted by Crippen LogP contribution is -2.37. The highest BCUT2D eigenvalue weighted by atomic mass is 32.2. The third-order valence-corrected chi connectivity index (χ3v) is 5.80. The number of anilines is 1. The van der Waals surface area contributed by atoms with Gasteiger partial charge in [0.2, 0.25) is 10.0 Å². The van der Waals surface area contributed by atoms with Crippen LogP contribution in [0.4, 0.5) is 11.4 Å². The molecule has 0 atom stereocenters. The van der Waals surface area contributed by atoms with Crippen molar-refractivity contribution < 1.29 is 18.4 Å². The van der Waals surface area contributed by atoms with Gasteiger partial charge in [0.1, 0.15) is 4.90 Å². The van der Waals surface area contributed by atoms with Crippen LogP contribution in [-0.2, 0) is 10.0 Å². The summed E-state index contributed by atoms with van der Waals surface area (Å²) in [6.45, 7) is 4.25. The molecular formula is C15H23N3O5S. The van der Waals surface area contributed by atoms with E-state index in [9.17, 15) is 23.6 Å². The fourth-order valence-electron chi connectivity index (χ4n) is 2.87. The number of nitro benzene ring substituents is 1. The Morgan fingerprint density at radius 2 is 1.92 bits per heavy atom. The minimum absolute atomic E-state index is 0.0923. The van der Waals surface area contributed by atoms with E-state index < -0.39 is 20.5 Å². The highest BCUT2D eigenvalue weighted by molar-refractivity contribution is 7.89. The van der Waals surface area contributed by atoms with Crippen LogP contribution in [0.15, 0.2) is 23.1 Å². The Bertz CT molecular complexity index is 721. The molecule has 8 nitrogen and oxygen atoms in total. The van der Waals surface area contributed by atoms with E-state index in [1.165, 1.54) is 16.4 Å². The molecule has 0 amide bonds. The lowest BCUT2D eigenvalue weighted by Gasteiger charge is -2.29. The van der Waals surface area contributed by atoms with E-state index in [1.54, 1.807) is 25.8 Å². The van der Waals surface area contributed by atoms with E-state index in [4.69, 9.17) is 0 Å². The minimum atomic E-state index is -3.82. The maximum atomic E-state index is 12.9. The second-order valence-corrected chi connectivity index (χ2v) is 8.60. The van der Waals surface area contributed by atoms with Gasteiger partial charge in [0.25, 0.3) is 5.69 Å². The van der Waals surface area contributed by atoms with Gasteiger partial charge in [-0.2, -0.15) is 4.31 Å². The van der Waals surface area contributed by atoms with Crippen molar-refractivity contribution in [2.75, 3.05) is 31.6 Å². The van der Waals surface area contributed by atoms with Gasteiger partial charge >= 0.3 is 0 Å². The first-order valence-corrected chi connectivity index (χ1v) is 9.18. The molecule has 0 saturated carbocycles. The van der Waals surface area contributed by atoms with Crippen molar-refractivity contribution in [2.24, 2.45) is 0 Å². The van der Waals surface area contributed by atoms with Crippen molar-refractivity contribution in [3.8, 4) is 0 Å². The summed E-state index contributed by atoms with van der Waals surface area (Å²) in [7, 11) is -2.17. The summed E-state index contributed by atoms with van der Waals surface area (Å²) >= 11 is 0. The van der Waals surface area contributed by atoms with Crippen LogP contribution >= 0.6 is 0 Å². The van der Waals surface area contributed by atoms with Crippen molar-refractivity contribution in [1.82, 2.24) is 4.31 Å². The largest absolute Gasteiger partial charge is 0.389 e. The molecule has 1 aliphatic heterocycles. The molecule has 1 heterocycles. The molecule has 1 aromatic rings. The number of aliphatic hydroxyl groups is 1. The molecule has 0 aliphatic carbocycles. The van der Waals surface area contributed by atoms with E-state index in [-0.39, 0.29) is 17.1 Å². The summed E-state index contributed by atoms with van der Waals surface area (Å²) in [5.74, 6) is 0. The Morgan fingerprint density at radius 1 is 1.33 bits per heavy atom. The Kier molecular flexibility index (Phi) is 5.17. The van der Waals surface area contributed by atoms with E-state index in [0.717, 1.165) is 18.9 Å². The molecule has 9 heteroatoms. The third-order valence-electron chi connectivity index (χ3n) is 3.87. The quantitative estimate of drug-likeness (QED) is 0.612. The lowest BCUT2D eigenvalue weighted by molar-refractivity contribution is -0.385. The first-order valence-electron chi connectivity index (χ1n) is 7.74. The number of nitro groups is 1. The molecule has 1 aliphatic rings. The number of rotatable bonds is 6. The molecule has 0 spiro atoms. The van der Waals surface area contributed by atoms with Crippen molar-refractivity contribution >= 4 is 21.4 Å². The number of benzene rings is 1. The first kappa shape index (κ1) is 18.6. The second kappa shape index (κ2) is 6.66. The number of sulfonamides is 1. The Balaban J connectivity index is 2.53. The van der Waals surface area contributed by atoms with Gasteiger partial charge in [0.15, 0.2) is 0 Å². The second-order valence-electron chi connectivity index (χ2n) is 6.69. The number of non-ortho nitro benzene ring substituents is 1. The molecule has 134 valence electrons. The average molecular weight is 357 g/mol. The minimum Gasteiger partial charge on any atom is -0.389 e. The van der Waals surface area contributed by atoms with Crippen LogP contribution in [0.1, 0.15) is 26.7 Å². The van der Waals surface area contributed by atoms with Gasteiger partial charge in [-0.3, -0.25) is 10.1 Å². The van der Waals surface area contributed by atoms with Crippen molar-refractivity contribution in [1.29, 1.82) is 0 Å².